The molecule has 3 aliphatic rings. The van der Waals surface area contributed by atoms with Crippen LogP contribution in [0.1, 0.15) is 105 Å². The number of hydrogen-bond donors (Lipinski definition) is 4. The Hall–Kier alpha value is -1.23. The standard InChI is InChI=1S/C12H15ClN4.C6H12.3C2H6/c13-9-6-16-12(14)17-11(9)8-5-15-10-4-2-1-3-7(8)10;1-2-4-6-5-3-1;3*1-2/h3-6,11-12,15-17H,1-2,14H2;1-6H2;3*1-2H3. The summed E-state index contributed by atoms with van der Waals surface area (Å²) in [5.41, 5.74) is 6.98. The van der Waals surface area contributed by atoms with Crippen molar-refractivity contribution in [3.05, 3.63) is 33.6 Å². The van der Waals surface area contributed by atoms with Crippen molar-refractivity contribution in [1.82, 2.24) is 15.6 Å². The van der Waals surface area contributed by atoms with Crippen LogP contribution in [0.4, 0.5) is 0 Å². The monoisotopic (exact) mass is 424 g/mol. The number of rotatable bonds is 1. The normalized spacial score (nSPS) is 21.6. The zero-order chi connectivity index (χ0) is 22.1. The van der Waals surface area contributed by atoms with Crippen LogP contribution in [0.15, 0.2) is 17.4 Å². The number of H-pyrrole nitrogens is 1. The van der Waals surface area contributed by atoms with Gasteiger partial charge in [0.15, 0.2) is 0 Å². The molecular formula is C24H45ClN4. The molecular weight excluding hydrogens is 380 g/mol. The summed E-state index contributed by atoms with van der Waals surface area (Å²) in [7, 11) is 0. The summed E-state index contributed by atoms with van der Waals surface area (Å²) in [5, 5.41) is 9.34. The lowest BCUT2D eigenvalue weighted by Crippen LogP contribution is -2.52. The SMILES string of the molecule is C1CCCCC1.CC.CC.CC.NC1NC=C(Cl)C(c2c[nH]c3c2=CCCC=3)N1. The fourth-order valence-corrected chi connectivity index (χ4v) is 3.66. The quantitative estimate of drug-likeness (QED) is 0.491. The van der Waals surface area contributed by atoms with E-state index in [0.29, 0.717) is 0 Å². The molecule has 0 bridgehead atoms. The molecule has 29 heavy (non-hydrogen) atoms. The van der Waals surface area contributed by atoms with Gasteiger partial charge in [0.25, 0.3) is 0 Å². The van der Waals surface area contributed by atoms with Gasteiger partial charge < -0.3 is 10.3 Å². The van der Waals surface area contributed by atoms with Crippen LogP contribution in [0.2, 0.25) is 0 Å². The van der Waals surface area contributed by atoms with Crippen molar-refractivity contribution < 1.29 is 0 Å². The van der Waals surface area contributed by atoms with E-state index < -0.39 is 0 Å². The van der Waals surface area contributed by atoms with Gasteiger partial charge in [-0.15, -0.1) is 0 Å². The predicted octanol–water partition coefficient (Wildman–Crippen LogP) is 5.35. The van der Waals surface area contributed by atoms with Gasteiger partial charge in [-0.05, 0) is 18.4 Å². The fourth-order valence-electron chi connectivity index (χ4n) is 3.42. The van der Waals surface area contributed by atoms with Crippen molar-refractivity contribution in [2.75, 3.05) is 0 Å². The summed E-state index contributed by atoms with van der Waals surface area (Å²) in [5.74, 6) is 0. The molecule has 2 heterocycles. The zero-order valence-corrected chi connectivity index (χ0v) is 20.3. The second-order valence-electron chi connectivity index (χ2n) is 6.45. The number of fused-ring (bicyclic) bond motifs is 1. The number of nitrogens with two attached hydrogens (primary N) is 1. The summed E-state index contributed by atoms with van der Waals surface area (Å²) in [6, 6.07) is -0.0318. The topological polar surface area (TPSA) is 65.9 Å². The Labute approximate surface area is 184 Å². The number of hydrogen-bond acceptors (Lipinski definition) is 3. The Kier molecular flexibility index (Phi) is 16.9. The third-order valence-corrected chi connectivity index (χ3v) is 5.01. The number of halogens is 1. The van der Waals surface area contributed by atoms with Crippen LogP contribution >= 0.6 is 11.6 Å². The molecule has 0 spiro atoms. The fraction of sp³-hybridized carbons (Fsp3) is 0.667. The first kappa shape index (κ1) is 27.8. The highest BCUT2D eigenvalue weighted by Gasteiger charge is 2.23. The maximum atomic E-state index is 6.22. The first-order valence-corrected chi connectivity index (χ1v) is 12.1. The average Bonchev–Trinajstić information content (AvgIpc) is 3.25. The summed E-state index contributed by atoms with van der Waals surface area (Å²) in [6.45, 7) is 12.0. The van der Waals surface area contributed by atoms with E-state index in [1.807, 2.05) is 47.7 Å². The minimum atomic E-state index is -0.263. The highest BCUT2D eigenvalue weighted by molar-refractivity contribution is 6.30. The lowest BCUT2D eigenvalue weighted by molar-refractivity contribution is 0.424. The van der Waals surface area contributed by atoms with Crippen molar-refractivity contribution in [1.29, 1.82) is 0 Å². The number of nitrogens with one attached hydrogen (secondary N) is 3. The molecule has 2 unspecified atom stereocenters. The zero-order valence-electron chi connectivity index (χ0n) is 19.6. The number of aromatic nitrogens is 1. The minimum Gasteiger partial charge on any atom is -0.363 e. The summed E-state index contributed by atoms with van der Waals surface area (Å²) in [4.78, 5) is 3.29. The largest absolute Gasteiger partial charge is 0.363 e. The first-order valence-electron chi connectivity index (χ1n) is 11.8. The second kappa shape index (κ2) is 17.6. The maximum Gasteiger partial charge on any atom is 0.130 e. The molecule has 2 aliphatic carbocycles. The highest BCUT2D eigenvalue weighted by atomic mass is 35.5. The maximum absolute atomic E-state index is 6.22. The van der Waals surface area contributed by atoms with Gasteiger partial charge in [0.1, 0.15) is 6.29 Å². The van der Waals surface area contributed by atoms with Gasteiger partial charge in [-0.3, -0.25) is 11.1 Å². The molecule has 0 amide bonds. The van der Waals surface area contributed by atoms with Crippen molar-refractivity contribution in [3.63, 3.8) is 0 Å². The van der Waals surface area contributed by atoms with Gasteiger partial charge in [0.2, 0.25) is 0 Å². The van der Waals surface area contributed by atoms with Crippen LogP contribution in [-0.4, -0.2) is 11.3 Å². The molecule has 0 saturated heterocycles. The molecule has 1 aliphatic heterocycles. The molecule has 0 radical (unpaired) electrons. The van der Waals surface area contributed by atoms with Crippen LogP contribution in [0.25, 0.3) is 12.2 Å². The first-order chi connectivity index (χ1) is 14.3. The number of aromatic amines is 1. The summed E-state index contributed by atoms with van der Waals surface area (Å²) >= 11 is 6.22. The van der Waals surface area contributed by atoms with Crippen molar-refractivity contribution in [3.8, 4) is 0 Å². The molecule has 2 atom stereocenters. The third-order valence-electron chi connectivity index (χ3n) is 4.68. The van der Waals surface area contributed by atoms with E-state index in [1.54, 1.807) is 6.20 Å². The van der Waals surface area contributed by atoms with Gasteiger partial charge in [-0.1, -0.05) is 104 Å². The smallest absolute Gasteiger partial charge is 0.130 e. The van der Waals surface area contributed by atoms with E-state index in [1.165, 1.54) is 49.1 Å². The second-order valence-corrected chi connectivity index (χ2v) is 6.89. The molecule has 1 saturated carbocycles. The Balaban J connectivity index is 0.000000547. The Morgan fingerprint density at radius 3 is 1.93 bits per heavy atom. The Morgan fingerprint density at radius 2 is 1.38 bits per heavy atom. The average molecular weight is 425 g/mol. The Bertz CT molecular complexity index is 647. The highest BCUT2D eigenvalue weighted by Crippen LogP contribution is 2.23. The predicted molar refractivity (Wildman–Crippen MR) is 131 cm³/mol. The van der Waals surface area contributed by atoms with Crippen LogP contribution in [0, 0.1) is 0 Å². The van der Waals surface area contributed by atoms with E-state index in [-0.39, 0.29) is 12.3 Å². The molecule has 1 aromatic rings. The molecule has 1 aromatic heterocycles. The molecule has 5 N–H and O–H groups in total. The van der Waals surface area contributed by atoms with Gasteiger partial charge in [-0.2, -0.15) is 0 Å². The van der Waals surface area contributed by atoms with Crippen LogP contribution in [-0.2, 0) is 0 Å². The van der Waals surface area contributed by atoms with Gasteiger partial charge in [-0.25, -0.2) is 0 Å². The van der Waals surface area contributed by atoms with E-state index >= 15 is 0 Å². The molecule has 0 aromatic carbocycles. The lowest BCUT2D eigenvalue weighted by Gasteiger charge is -2.27. The third kappa shape index (κ3) is 9.41. The van der Waals surface area contributed by atoms with E-state index in [9.17, 15) is 0 Å². The van der Waals surface area contributed by atoms with E-state index in [2.05, 4.69) is 27.8 Å². The molecule has 4 nitrogen and oxygen atoms in total. The van der Waals surface area contributed by atoms with Crippen LogP contribution in [0.5, 0.6) is 0 Å². The lowest BCUT2D eigenvalue weighted by atomic mass is 10.0. The summed E-state index contributed by atoms with van der Waals surface area (Å²) < 4.78 is 0. The van der Waals surface area contributed by atoms with Gasteiger partial charge >= 0.3 is 0 Å². The molecule has 4 rings (SSSR count). The van der Waals surface area contributed by atoms with Gasteiger partial charge in [0, 0.05) is 23.0 Å². The Morgan fingerprint density at radius 1 is 0.862 bits per heavy atom. The molecule has 5 heteroatoms. The minimum absolute atomic E-state index is 0.0318. The van der Waals surface area contributed by atoms with Crippen molar-refractivity contribution >= 4 is 23.8 Å². The van der Waals surface area contributed by atoms with Crippen molar-refractivity contribution in [2.24, 2.45) is 5.73 Å². The van der Waals surface area contributed by atoms with Crippen molar-refractivity contribution in [2.45, 2.75) is 105 Å². The van der Waals surface area contributed by atoms with Gasteiger partial charge in [0.05, 0.1) is 11.1 Å². The van der Waals surface area contributed by atoms with E-state index in [0.717, 1.165) is 23.4 Å². The molecule has 1 fully saturated rings. The van der Waals surface area contributed by atoms with Crippen LogP contribution < -0.4 is 26.9 Å². The summed E-state index contributed by atoms with van der Waals surface area (Å²) in [6.07, 6.45) is 19.2. The van der Waals surface area contributed by atoms with Crippen LogP contribution in [0.3, 0.4) is 0 Å². The molecule has 168 valence electrons. The van der Waals surface area contributed by atoms with E-state index in [4.69, 9.17) is 17.3 Å².